The summed E-state index contributed by atoms with van der Waals surface area (Å²) < 4.78 is 54.1. The Kier molecular flexibility index (Phi) is 4.20. The Morgan fingerprint density at radius 1 is 1.19 bits per heavy atom. The van der Waals surface area contributed by atoms with Crippen molar-refractivity contribution >= 4 is 37.3 Å². The van der Waals surface area contributed by atoms with E-state index in [1.807, 2.05) is 4.72 Å². The molecule has 112 valence electrons. The van der Waals surface area contributed by atoms with Gasteiger partial charge in [-0.2, -0.15) is 0 Å². The average molecular weight is 377 g/mol. The van der Waals surface area contributed by atoms with Crippen LogP contribution in [-0.2, 0) is 10.0 Å². The predicted molar refractivity (Wildman–Crippen MR) is 80.5 cm³/mol. The van der Waals surface area contributed by atoms with E-state index in [4.69, 9.17) is 5.73 Å². The molecule has 0 saturated heterocycles. The van der Waals surface area contributed by atoms with Gasteiger partial charge in [-0.3, -0.25) is 4.72 Å². The fourth-order valence-electron chi connectivity index (χ4n) is 1.87. The number of aryl methyl sites for hydroxylation is 1. The second-order valence-corrected chi connectivity index (χ2v) is 6.88. The Balaban J connectivity index is 2.53. The van der Waals surface area contributed by atoms with E-state index < -0.39 is 27.3 Å². The van der Waals surface area contributed by atoms with Gasteiger partial charge in [0.2, 0.25) is 0 Å². The summed E-state index contributed by atoms with van der Waals surface area (Å²) in [5.41, 5.74) is 5.27. The molecule has 21 heavy (non-hydrogen) atoms. The van der Waals surface area contributed by atoms with Crippen molar-refractivity contribution < 1.29 is 17.2 Å². The number of halogens is 3. The molecule has 0 bridgehead atoms. The maximum Gasteiger partial charge on any atom is 0.264 e. The van der Waals surface area contributed by atoms with Gasteiger partial charge in [0.05, 0.1) is 5.69 Å². The molecule has 0 spiro atoms. The van der Waals surface area contributed by atoms with Crippen LogP contribution in [0.25, 0.3) is 0 Å². The molecule has 0 atom stereocenters. The van der Waals surface area contributed by atoms with Gasteiger partial charge in [-0.1, -0.05) is 28.1 Å². The molecule has 0 heterocycles. The first kappa shape index (κ1) is 15.7. The Morgan fingerprint density at radius 2 is 1.76 bits per heavy atom. The van der Waals surface area contributed by atoms with Crippen molar-refractivity contribution in [2.24, 2.45) is 0 Å². The summed E-state index contributed by atoms with van der Waals surface area (Å²) in [6, 6.07) is 6.45. The number of benzene rings is 2. The van der Waals surface area contributed by atoms with Crippen LogP contribution >= 0.6 is 15.9 Å². The molecule has 0 unspecified atom stereocenters. The van der Waals surface area contributed by atoms with Crippen molar-refractivity contribution in [2.75, 3.05) is 10.5 Å². The smallest absolute Gasteiger partial charge is 0.264 e. The number of rotatable bonds is 3. The van der Waals surface area contributed by atoms with Gasteiger partial charge >= 0.3 is 0 Å². The van der Waals surface area contributed by atoms with E-state index in [0.29, 0.717) is 5.56 Å². The number of hydrogen-bond donors (Lipinski definition) is 2. The van der Waals surface area contributed by atoms with Crippen molar-refractivity contribution in [3.63, 3.8) is 0 Å². The lowest BCUT2D eigenvalue weighted by atomic mass is 10.2. The predicted octanol–water partition coefficient (Wildman–Crippen LogP) is 3.42. The van der Waals surface area contributed by atoms with E-state index >= 15 is 0 Å². The molecular weight excluding hydrogens is 366 g/mol. The fourth-order valence-corrected chi connectivity index (χ4v) is 3.71. The Morgan fingerprint density at radius 3 is 2.29 bits per heavy atom. The summed E-state index contributed by atoms with van der Waals surface area (Å²) in [4.78, 5) is -0.202. The average Bonchev–Trinajstić information content (AvgIpc) is 2.33. The highest BCUT2D eigenvalue weighted by Crippen LogP contribution is 2.29. The van der Waals surface area contributed by atoms with E-state index in [2.05, 4.69) is 15.9 Å². The van der Waals surface area contributed by atoms with Crippen LogP contribution in [0.2, 0.25) is 0 Å². The first-order valence-electron chi connectivity index (χ1n) is 5.75. The third kappa shape index (κ3) is 3.16. The molecular formula is C13H11BrF2N2O2S. The van der Waals surface area contributed by atoms with Gasteiger partial charge in [0, 0.05) is 4.47 Å². The molecule has 3 N–H and O–H groups in total. The summed E-state index contributed by atoms with van der Waals surface area (Å²) in [6.07, 6.45) is 0. The summed E-state index contributed by atoms with van der Waals surface area (Å²) >= 11 is 2.92. The third-order valence-corrected chi connectivity index (χ3v) is 4.78. The molecule has 0 fully saturated rings. The molecule has 2 rings (SSSR count). The van der Waals surface area contributed by atoms with Gasteiger partial charge < -0.3 is 5.73 Å². The van der Waals surface area contributed by atoms with Crippen LogP contribution in [0.5, 0.6) is 0 Å². The van der Waals surface area contributed by atoms with Crippen LogP contribution in [0.1, 0.15) is 5.56 Å². The second-order valence-electron chi connectivity index (χ2n) is 4.34. The SMILES string of the molecule is Cc1cccc(N)c1S(=O)(=O)Nc1c(F)cc(Br)cc1F. The monoisotopic (exact) mass is 376 g/mol. The minimum atomic E-state index is -4.20. The normalized spacial score (nSPS) is 11.4. The lowest BCUT2D eigenvalue weighted by molar-refractivity contribution is 0.582. The van der Waals surface area contributed by atoms with Crippen LogP contribution in [0.3, 0.4) is 0 Å². The zero-order valence-electron chi connectivity index (χ0n) is 10.8. The van der Waals surface area contributed by atoms with E-state index in [9.17, 15) is 17.2 Å². The van der Waals surface area contributed by atoms with Crippen molar-refractivity contribution in [1.82, 2.24) is 0 Å². The first-order valence-corrected chi connectivity index (χ1v) is 8.02. The van der Waals surface area contributed by atoms with Gasteiger partial charge in [-0.25, -0.2) is 17.2 Å². The number of nitrogens with one attached hydrogen (secondary N) is 1. The standard InChI is InChI=1S/C13H11BrF2N2O2S/c1-7-3-2-4-11(17)13(7)21(19,20)18-12-9(15)5-8(14)6-10(12)16/h2-6,18H,17H2,1H3. The van der Waals surface area contributed by atoms with Gasteiger partial charge in [0.25, 0.3) is 10.0 Å². The number of sulfonamides is 1. The molecule has 0 aliphatic carbocycles. The molecule has 4 nitrogen and oxygen atoms in total. The fraction of sp³-hybridized carbons (Fsp3) is 0.0769. The molecule has 0 aliphatic rings. The van der Waals surface area contributed by atoms with Crippen molar-refractivity contribution in [1.29, 1.82) is 0 Å². The minimum Gasteiger partial charge on any atom is -0.398 e. The molecule has 0 amide bonds. The lowest BCUT2D eigenvalue weighted by Gasteiger charge is -2.13. The third-order valence-electron chi connectivity index (χ3n) is 2.75. The Bertz CT molecular complexity index is 767. The van der Waals surface area contributed by atoms with E-state index in [1.54, 1.807) is 19.1 Å². The van der Waals surface area contributed by atoms with E-state index in [0.717, 1.165) is 12.1 Å². The van der Waals surface area contributed by atoms with Gasteiger partial charge in [-0.15, -0.1) is 0 Å². The quantitative estimate of drug-likeness (QED) is 0.806. The zero-order valence-corrected chi connectivity index (χ0v) is 13.2. The van der Waals surface area contributed by atoms with Crippen LogP contribution < -0.4 is 10.5 Å². The first-order chi connectivity index (χ1) is 9.72. The second kappa shape index (κ2) is 5.61. The zero-order chi connectivity index (χ0) is 15.8. The highest BCUT2D eigenvalue weighted by molar-refractivity contribution is 9.10. The van der Waals surface area contributed by atoms with Crippen molar-refractivity contribution in [3.8, 4) is 0 Å². The van der Waals surface area contributed by atoms with Crippen LogP contribution in [0.15, 0.2) is 39.7 Å². The van der Waals surface area contributed by atoms with E-state index in [1.165, 1.54) is 6.07 Å². The molecule has 0 aromatic heterocycles. The largest absolute Gasteiger partial charge is 0.398 e. The summed E-state index contributed by atoms with van der Waals surface area (Å²) in [5, 5.41) is 0. The lowest BCUT2D eigenvalue weighted by Crippen LogP contribution is -2.18. The maximum atomic E-state index is 13.7. The van der Waals surface area contributed by atoms with Gasteiger partial charge in [0.15, 0.2) is 11.6 Å². The van der Waals surface area contributed by atoms with Crippen LogP contribution in [-0.4, -0.2) is 8.42 Å². The summed E-state index contributed by atoms with van der Waals surface area (Å²) in [6.45, 7) is 1.54. The number of anilines is 2. The van der Waals surface area contributed by atoms with Gasteiger partial charge in [-0.05, 0) is 30.7 Å². The van der Waals surface area contributed by atoms with Gasteiger partial charge in [0.1, 0.15) is 10.6 Å². The summed E-state index contributed by atoms with van der Waals surface area (Å²) in [5.74, 6) is -2.06. The van der Waals surface area contributed by atoms with E-state index in [-0.39, 0.29) is 15.1 Å². The molecule has 0 aliphatic heterocycles. The Labute approximate surface area is 129 Å². The number of nitrogen functional groups attached to an aromatic ring is 1. The highest BCUT2D eigenvalue weighted by Gasteiger charge is 2.23. The Hall–Kier alpha value is -1.67. The molecule has 0 radical (unpaired) electrons. The van der Waals surface area contributed by atoms with Crippen LogP contribution in [0, 0.1) is 18.6 Å². The minimum absolute atomic E-state index is 0.000396. The number of nitrogens with two attached hydrogens (primary N) is 1. The molecule has 8 heteroatoms. The summed E-state index contributed by atoms with van der Waals surface area (Å²) in [7, 11) is -4.20. The topological polar surface area (TPSA) is 72.2 Å². The molecule has 2 aromatic carbocycles. The van der Waals surface area contributed by atoms with Crippen molar-refractivity contribution in [2.45, 2.75) is 11.8 Å². The van der Waals surface area contributed by atoms with Crippen LogP contribution in [0.4, 0.5) is 20.2 Å². The highest BCUT2D eigenvalue weighted by atomic mass is 79.9. The molecule has 2 aromatic rings. The van der Waals surface area contributed by atoms with Crippen molar-refractivity contribution in [3.05, 3.63) is 52.0 Å². The number of hydrogen-bond acceptors (Lipinski definition) is 3. The molecule has 0 saturated carbocycles. The maximum absolute atomic E-state index is 13.7.